The normalized spacial score (nSPS) is 11.3. The van der Waals surface area contributed by atoms with Gasteiger partial charge in [0.15, 0.2) is 6.79 Å². The summed E-state index contributed by atoms with van der Waals surface area (Å²) in [6.45, 7) is -0.0162. The number of benzene rings is 1. The lowest BCUT2D eigenvalue weighted by molar-refractivity contribution is -0.140. The molecule has 0 spiro atoms. The number of halogens is 3. The van der Waals surface area contributed by atoms with Crippen molar-refractivity contribution in [2.24, 2.45) is 5.73 Å². The number of ether oxygens (including phenoxy) is 2. The van der Waals surface area contributed by atoms with Crippen LogP contribution in [0, 0.1) is 0 Å². The highest BCUT2D eigenvalue weighted by molar-refractivity contribution is 5.93. The molecule has 9 heteroatoms. The lowest BCUT2D eigenvalue weighted by Gasteiger charge is -2.14. The number of carbonyl (C=O) groups excluding carboxylic acids is 1. The molecule has 0 atom stereocenters. The van der Waals surface area contributed by atoms with Crippen molar-refractivity contribution < 1.29 is 27.4 Å². The van der Waals surface area contributed by atoms with Gasteiger partial charge in [0.2, 0.25) is 0 Å². The first kappa shape index (κ1) is 17.5. The van der Waals surface area contributed by atoms with Gasteiger partial charge in [-0.2, -0.15) is 13.2 Å². The highest BCUT2D eigenvalue weighted by atomic mass is 19.4. The van der Waals surface area contributed by atoms with Crippen LogP contribution in [0.2, 0.25) is 0 Å². The fourth-order valence-corrected chi connectivity index (χ4v) is 2.02. The minimum absolute atomic E-state index is 0.0162. The molecule has 1 aromatic heterocycles. The van der Waals surface area contributed by atoms with E-state index in [4.69, 9.17) is 15.2 Å². The van der Waals surface area contributed by atoms with Crippen LogP contribution in [0.5, 0.6) is 5.75 Å². The van der Waals surface area contributed by atoms with Gasteiger partial charge in [-0.05, 0) is 23.8 Å². The summed E-state index contributed by atoms with van der Waals surface area (Å²) in [6.07, 6.45) is -4.81. The number of hydrogen-bond acceptors (Lipinski definition) is 4. The maximum atomic E-state index is 13.2. The Bertz CT molecular complexity index is 798. The second-order valence-corrected chi connectivity index (χ2v) is 4.74. The molecule has 0 aliphatic rings. The summed E-state index contributed by atoms with van der Waals surface area (Å²) in [4.78, 5) is 24.5. The molecule has 0 aliphatic carbocycles. The molecule has 0 fully saturated rings. The Kier molecular flexibility index (Phi) is 4.93. The van der Waals surface area contributed by atoms with Gasteiger partial charge in [-0.15, -0.1) is 0 Å². The molecular formula is C15H13F3N2O4. The van der Waals surface area contributed by atoms with Crippen molar-refractivity contribution in [3.8, 4) is 16.9 Å². The zero-order valence-corrected chi connectivity index (χ0v) is 12.4. The molecule has 0 aliphatic heterocycles. The third-order valence-corrected chi connectivity index (χ3v) is 3.10. The topological polar surface area (TPSA) is 94.4 Å². The van der Waals surface area contributed by atoms with Crippen LogP contribution in [0.25, 0.3) is 11.1 Å². The van der Waals surface area contributed by atoms with E-state index >= 15 is 0 Å². The summed E-state index contributed by atoms with van der Waals surface area (Å²) >= 11 is 0. The number of methoxy groups -OCH3 is 1. The minimum Gasteiger partial charge on any atom is -0.468 e. The van der Waals surface area contributed by atoms with Crippen molar-refractivity contribution in [2.45, 2.75) is 6.18 Å². The fraction of sp³-hybridized carbons (Fsp3) is 0.200. The molecule has 1 aromatic carbocycles. The fourth-order valence-electron chi connectivity index (χ4n) is 2.02. The van der Waals surface area contributed by atoms with Crippen molar-refractivity contribution in [3.63, 3.8) is 0 Å². The number of amides is 1. The summed E-state index contributed by atoms with van der Waals surface area (Å²) < 4.78 is 49.4. The van der Waals surface area contributed by atoms with Crippen molar-refractivity contribution >= 4 is 5.91 Å². The molecule has 0 bridgehead atoms. The van der Waals surface area contributed by atoms with Crippen LogP contribution in [0.1, 0.15) is 16.1 Å². The number of hydrogen-bond donors (Lipinski definition) is 2. The Morgan fingerprint density at radius 3 is 2.38 bits per heavy atom. The van der Waals surface area contributed by atoms with Crippen molar-refractivity contribution in [1.29, 1.82) is 0 Å². The predicted molar refractivity (Wildman–Crippen MR) is 78.5 cm³/mol. The van der Waals surface area contributed by atoms with Crippen LogP contribution in [0.4, 0.5) is 13.2 Å². The predicted octanol–water partition coefficient (Wildman–Crippen LogP) is 2.14. The molecule has 6 nitrogen and oxygen atoms in total. The standard InChI is InChI=1S/C15H13F3N2O4/c1-23-7-24-9-4-2-8(3-5-9)10-6-11(13(19)21)14(22)20-12(10)15(16,17)18/h2-6H,7H2,1H3,(H2,19,21)(H,20,22). The molecule has 2 aromatic rings. The minimum atomic E-state index is -4.81. The average molecular weight is 342 g/mol. The number of carbonyl (C=O) groups is 1. The molecule has 0 saturated heterocycles. The SMILES string of the molecule is COCOc1ccc(-c2cc(C(N)=O)c(=O)[nH]c2C(F)(F)F)cc1. The zero-order valence-electron chi connectivity index (χ0n) is 12.4. The summed E-state index contributed by atoms with van der Waals surface area (Å²) in [6, 6.07) is 6.42. The number of H-pyrrole nitrogens is 1. The monoisotopic (exact) mass is 342 g/mol. The number of aromatic nitrogens is 1. The molecule has 1 amide bonds. The number of nitrogens with two attached hydrogens (primary N) is 1. The summed E-state index contributed by atoms with van der Waals surface area (Å²) in [5, 5.41) is 0. The van der Waals surface area contributed by atoms with Gasteiger partial charge in [0.1, 0.15) is 17.0 Å². The molecule has 2 rings (SSSR count). The summed E-state index contributed by atoms with van der Waals surface area (Å²) in [5.74, 6) is -0.736. The van der Waals surface area contributed by atoms with Crippen molar-refractivity contribution in [2.75, 3.05) is 13.9 Å². The summed E-state index contributed by atoms with van der Waals surface area (Å²) in [7, 11) is 1.43. The number of nitrogens with one attached hydrogen (secondary N) is 1. The van der Waals surface area contributed by atoms with E-state index < -0.39 is 28.9 Å². The molecule has 24 heavy (non-hydrogen) atoms. The second-order valence-electron chi connectivity index (χ2n) is 4.74. The van der Waals surface area contributed by atoms with Crippen LogP contribution in [-0.2, 0) is 10.9 Å². The first-order valence-corrected chi connectivity index (χ1v) is 6.60. The lowest BCUT2D eigenvalue weighted by Crippen LogP contribution is -2.27. The van der Waals surface area contributed by atoms with E-state index in [0.717, 1.165) is 6.07 Å². The van der Waals surface area contributed by atoms with E-state index in [9.17, 15) is 22.8 Å². The van der Waals surface area contributed by atoms with E-state index in [-0.39, 0.29) is 17.9 Å². The molecule has 0 unspecified atom stereocenters. The number of rotatable bonds is 5. The van der Waals surface area contributed by atoms with Crippen LogP contribution in [-0.4, -0.2) is 24.8 Å². The molecule has 0 radical (unpaired) electrons. The van der Waals surface area contributed by atoms with Gasteiger partial charge >= 0.3 is 6.18 Å². The molecular weight excluding hydrogens is 329 g/mol. The van der Waals surface area contributed by atoms with Gasteiger partial charge < -0.3 is 20.2 Å². The number of pyridine rings is 1. The Morgan fingerprint density at radius 1 is 1.25 bits per heavy atom. The zero-order chi connectivity index (χ0) is 17.9. The van der Waals surface area contributed by atoms with E-state index in [1.54, 1.807) is 4.98 Å². The van der Waals surface area contributed by atoms with Gasteiger partial charge in [-0.25, -0.2) is 0 Å². The summed E-state index contributed by atoms with van der Waals surface area (Å²) in [5.41, 5.74) is 1.78. The molecule has 1 heterocycles. The van der Waals surface area contributed by atoms with Crippen LogP contribution >= 0.6 is 0 Å². The Labute approximate surface area is 134 Å². The quantitative estimate of drug-likeness (QED) is 0.814. The van der Waals surface area contributed by atoms with Crippen LogP contribution in [0.15, 0.2) is 35.1 Å². The van der Waals surface area contributed by atoms with E-state index in [1.165, 1.54) is 31.4 Å². The first-order valence-electron chi connectivity index (χ1n) is 6.60. The maximum absolute atomic E-state index is 13.2. The Morgan fingerprint density at radius 2 is 1.88 bits per heavy atom. The van der Waals surface area contributed by atoms with E-state index in [2.05, 4.69) is 0 Å². The Hall–Kier alpha value is -2.81. The average Bonchev–Trinajstić information content (AvgIpc) is 2.52. The Balaban J connectivity index is 2.56. The number of aromatic amines is 1. The highest BCUT2D eigenvalue weighted by Crippen LogP contribution is 2.35. The molecule has 3 N–H and O–H groups in total. The highest BCUT2D eigenvalue weighted by Gasteiger charge is 2.36. The van der Waals surface area contributed by atoms with E-state index in [0.29, 0.717) is 5.75 Å². The van der Waals surface area contributed by atoms with Gasteiger partial charge in [0.25, 0.3) is 11.5 Å². The smallest absolute Gasteiger partial charge is 0.431 e. The van der Waals surface area contributed by atoms with Gasteiger partial charge in [0.05, 0.1) is 0 Å². The third kappa shape index (κ3) is 3.74. The van der Waals surface area contributed by atoms with Gasteiger partial charge in [-0.3, -0.25) is 9.59 Å². The van der Waals surface area contributed by atoms with Crippen LogP contribution < -0.4 is 16.0 Å². The van der Waals surface area contributed by atoms with E-state index in [1.807, 2.05) is 0 Å². The maximum Gasteiger partial charge on any atom is 0.431 e. The van der Waals surface area contributed by atoms with Crippen LogP contribution in [0.3, 0.4) is 0 Å². The first-order chi connectivity index (χ1) is 11.2. The second kappa shape index (κ2) is 6.75. The third-order valence-electron chi connectivity index (χ3n) is 3.10. The number of primary amides is 1. The van der Waals surface area contributed by atoms with Crippen molar-refractivity contribution in [3.05, 3.63) is 51.9 Å². The lowest BCUT2D eigenvalue weighted by atomic mass is 10.0. The molecule has 0 saturated carbocycles. The molecule has 128 valence electrons. The largest absolute Gasteiger partial charge is 0.468 e. The number of alkyl halides is 3. The van der Waals surface area contributed by atoms with Gasteiger partial charge in [-0.1, -0.05) is 12.1 Å². The van der Waals surface area contributed by atoms with Crippen molar-refractivity contribution in [1.82, 2.24) is 4.98 Å². The van der Waals surface area contributed by atoms with Gasteiger partial charge in [0, 0.05) is 12.7 Å².